The summed E-state index contributed by atoms with van der Waals surface area (Å²) in [5, 5.41) is 18.4. The van der Waals surface area contributed by atoms with Crippen molar-refractivity contribution in [2.75, 3.05) is 48.7 Å². The number of aromatic nitrogens is 4. The third-order valence-electron chi connectivity index (χ3n) is 10.2. The van der Waals surface area contributed by atoms with Crippen LogP contribution >= 0.6 is 11.9 Å². The van der Waals surface area contributed by atoms with Crippen LogP contribution in [-0.4, -0.2) is 116 Å². The predicted molar refractivity (Wildman–Crippen MR) is 189 cm³/mol. The minimum Gasteiger partial charge on any atom is -0.483 e. The third kappa shape index (κ3) is 8.69. The second-order valence-electron chi connectivity index (χ2n) is 13.5. The Bertz CT molecular complexity index is 1690. The Morgan fingerprint density at radius 3 is 2.49 bits per heavy atom. The second kappa shape index (κ2) is 16.5. The smallest absolute Gasteiger partial charge is 0.387 e. The lowest BCUT2D eigenvalue weighted by Gasteiger charge is -2.53. The third-order valence-corrected chi connectivity index (χ3v) is 11.4. The number of carbonyl (C=O) groups excluding carboxylic acids is 2. The van der Waals surface area contributed by atoms with Crippen molar-refractivity contribution in [3.05, 3.63) is 35.8 Å². The van der Waals surface area contributed by atoms with E-state index in [-0.39, 0.29) is 30.1 Å². The molecule has 51 heavy (non-hydrogen) atoms. The molecular weight excluding hydrogens is 684 g/mol. The van der Waals surface area contributed by atoms with Gasteiger partial charge in [0, 0.05) is 74.6 Å². The van der Waals surface area contributed by atoms with Gasteiger partial charge in [-0.25, -0.2) is 9.97 Å². The summed E-state index contributed by atoms with van der Waals surface area (Å²) in [5.74, 6) is 0.625. The van der Waals surface area contributed by atoms with Gasteiger partial charge >= 0.3 is 6.61 Å². The average molecular weight is 730 g/mol. The van der Waals surface area contributed by atoms with Crippen molar-refractivity contribution < 1.29 is 33.0 Å². The van der Waals surface area contributed by atoms with Gasteiger partial charge in [0.25, 0.3) is 6.47 Å². The number of hydrogen-bond donors (Lipinski definition) is 3. The standard InChI is InChI=1S/C33H43F2N9O3S.CH2O2/c1-20-14-26-28(41(2)40-30(26)25-6-7-29(45)39-31(25)46)15-27(20)44-19-22-4-5-23(44)18-42(22)10-3-13-48-43-11-8-21(9-12-43)38-33-36-16-24(17-37-33)47-32(34)35;2-1-3/h14-17,21-23,25,32H,3-13,18-19H2,1-2H3,(H,36,37,38)(H,39,45,46);1H,(H,2,3). The molecule has 0 spiro atoms. The Kier molecular flexibility index (Phi) is 11.9. The van der Waals surface area contributed by atoms with Gasteiger partial charge in [-0.05, 0) is 69.7 Å². The Balaban J connectivity index is 0.00000144. The normalized spacial score (nSPS) is 22.9. The first-order valence-electron chi connectivity index (χ1n) is 17.4. The minimum absolute atomic E-state index is 0.0438. The van der Waals surface area contributed by atoms with E-state index in [0.717, 1.165) is 74.3 Å². The number of carboxylic acid groups (broad SMARTS) is 1. The lowest BCUT2D eigenvalue weighted by Crippen LogP contribution is -2.63. The fraction of sp³-hybridized carbons (Fsp3) is 0.588. The zero-order chi connectivity index (χ0) is 36.1. The molecule has 276 valence electrons. The van der Waals surface area contributed by atoms with Crippen molar-refractivity contribution >= 4 is 52.8 Å². The molecule has 3 unspecified atom stereocenters. The van der Waals surface area contributed by atoms with Crippen LogP contribution in [0.25, 0.3) is 10.9 Å². The molecule has 3 atom stereocenters. The Labute approximate surface area is 299 Å². The van der Waals surface area contributed by atoms with Crippen LogP contribution < -0.4 is 20.3 Å². The number of alkyl halides is 2. The molecule has 14 nitrogen and oxygen atoms in total. The molecule has 0 saturated carbocycles. The first-order chi connectivity index (χ1) is 24.6. The number of ether oxygens (including phenoxy) is 1. The van der Waals surface area contributed by atoms with Crippen molar-refractivity contribution in [2.24, 2.45) is 7.05 Å². The molecule has 5 fully saturated rings. The van der Waals surface area contributed by atoms with Crippen LogP contribution in [0, 0.1) is 6.92 Å². The van der Waals surface area contributed by atoms with Crippen LogP contribution in [0.3, 0.4) is 0 Å². The highest BCUT2D eigenvalue weighted by atomic mass is 32.2. The number of benzene rings is 1. The number of piperazine rings is 1. The summed E-state index contributed by atoms with van der Waals surface area (Å²) >= 11 is 1.94. The molecular formula is C34H45F2N9O5S. The first kappa shape index (κ1) is 36.7. The van der Waals surface area contributed by atoms with E-state index in [1.165, 1.54) is 36.5 Å². The van der Waals surface area contributed by atoms with Gasteiger partial charge in [-0.3, -0.25) is 33.6 Å². The molecule has 7 heterocycles. The lowest BCUT2D eigenvalue weighted by atomic mass is 9.89. The van der Waals surface area contributed by atoms with E-state index in [9.17, 15) is 18.4 Å². The number of imide groups is 1. The van der Waals surface area contributed by atoms with Gasteiger partial charge in [-0.15, -0.1) is 0 Å². The molecule has 0 aliphatic carbocycles. The van der Waals surface area contributed by atoms with Crippen molar-refractivity contribution in [1.29, 1.82) is 0 Å². The number of anilines is 2. The number of hydrogen-bond acceptors (Lipinski definition) is 12. The zero-order valence-corrected chi connectivity index (χ0v) is 29.7. The molecule has 2 aromatic heterocycles. The average Bonchev–Trinajstić information content (AvgIpc) is 3.42. The summed E-state index contributed by atoms with van der Waals surface area (Å²) in [6, 6.07) is 5.71. The Morgan fingerprint density at radius 2 is 1.82 bits per heavy atom. The number of nitrogens with one attached hydrogen (secondary N) is 2. The number of piperidine rings is 4. The van der Waals surface area contributed by atoms with Crippen LogP contribution in [0.4, 0.5) is 20.4 Å². The number of carbonyl (C=O) groups is 3. The number of nitrogens with zero attached hydrogens (tertiary/aromatic N) is 7. The van der Waals surface area contributed by atoms with Gasteiger partial charge in [-0.2, -0.15) is 13.9 Å². The van der Waals surface area contributed by atoms with Crippen LogP contribution in [-0.2, 0) is 21.4 Å². The van der Waals surface area contributed by atoms with E-state index in [1.54, 1.807) is 0 Å². The summed E-state index contributed by atoms with van der Waals surface area (Å²) in [4.78, 5) is 46.2. The van der Waals surface area contributed by atoms with E-state index in [2.05, 4.69) is 58.5 Å². The number of aryl methyl sites for hydroxylation is 2. The monoisotopic (exact) mass is 729 g/mol. The van der Waals surface area contributed by atoms with E-state index >= 15 is 0 Å². The molecule has 5 saturated heterocycles. The summed E-state index contributed by atoms with van der Waals surface area (Å²) in [6.45, 7) is 4.19. The van der Waals surface area contributed by atoms with Gasteiger partial charge in [0.1, 0.15) is 0 Å². The summed E-state index contributed by atoms with van der Waals surface area (Å²) < 4.78 is 33.3. The van der Waals surface area contributed by atoms with Gasteiger partial charge in [0.2, 0.25) is 17.8 Å². The van der Waals surface area contributed by atoms with Crippen LogP contribution in [0.5, 0.6) is 5.75 Å². The molecule has 8 rings (SSSR count). The maximum absolute atomic E-state index is 12.6. The van der Waals surface area contributed by atoms with Crippen LogP contribution in [0.15, 0.2) is 24.5 Å². The molecule has 5 aliphatic heterocycles. The van der Waals surface area contributed by atoms with Gasteiger partial charge in [-0.1, -0.05) is 11.9 Å². The lowest BCUT2D eigenvalue weighted by molar-refractivity contribution is -0.134. The first-order valence-corrected chi connectivity index (χ1v) is 18.4. The number of rotatable bonds is 11. The molecule has 5 aliphatic rings. The molecule has 3 N–H and O–H groups in total. The van der Waals surface area contributed by atoms with Crippen molar-refractivity contribution in [3.8, 4) is 5.75 Å². The number of fused-ring (bicyclic) bond motifs is 4. The van der Waals surface area contributed by atoms with E-state index in [0.29, 0.717) is 30.9 Å². The highest BCUT2D eigenvalue weighted by Gasteiger charge is 2.39. The SMILES string of the molecule is Cc1cc2c(C3CCC(=O)NC3=O)nn(C)c2cc1N1CC2CCC1CN2CCCSN1CCC(Nc2ncc(OC(F)F)cn2)CC1.O=CO. The largest absolute Gasteiger partial charge is 0.483 e. The van der Waals surface area contributed by atoms with Gasteiger partial charge in [0.15, 0.2) is 5.75 Å². The van der Waals surface area contributed by atoms with E-state index in [4.69, 9.17) is 15.0 Å². The summed E-state index contributed by atoms with van der Waals surface area (Å²) in [6.07, 6.45) is 8.89. The maximum Gasteiger partial charge on any atom is 0.387 e. The fourth-order valence-corrected chi connectivity index (χ4v) is 8.75. The molecule has 0 radical (unpaired) electrons. The zero-order valence-electron chi connectivity index (χ0n) is 28.8. The quantitative estimate of drug-likeness (QED) is 0.114. The van der Waals surface area contributed by atoms with Crippen molar-refractivity contribution in [2.45, 2.75) is 82.5 Å². The van der Waals surface area contributed by atoms with Gasteiger partial charge < -0.3 is 20.1 Å². The van der Waals surface area contributed by atoms with Crippen molar-refractivity contribution in [3.63, 3.8) is 0 Å². The summed E-state index contributed by atoms with van der Waals surface area (Å²) in [7, 11) is 1.94. The van der Waals surface area contributed by atoms with Crippen molar-refractivity contribution in [1.82, 2.24) is 34.3 Å². The second-order valence-corrected chi connectivity index (χ2v) is 14.6. The number of halogens is 2. The molecule has 17 heteroatoms. The Hall–Kier alpha value is -4.09. The van der Waals surface area contributed by atoms with Crippen LogP contribution in [0.1, 0.15) is 62.1 Å². The predicted octanol–water partition coefficient (Wildman–Crippen LogP) is 3.76. The highest BCUT2D eigenvalue weighted by Crippen LogP contribution is 2.38. The molecule has 3 aromatic rings. The number of amides is 2. The minimum atomic E-state index is -2.88. The van der Waals surface area contributed by atoms with E-state index in [1.807, 2.05) is 23.7 Å². The molecule has 1 aromatic carbocycles. The maximum atomic E-state index is 12.6. The Morgan fingerprint density at radius 1 is 1.10 bits per heavy atom. The fourth-order valence-electron chi connectivity index (χ4n) is 7.76. The summed E-state index contributed by atoms with van der Waals surface area (Å²) in [5.41, 5.74) is 4.24. The topological polar surface area (TPSA) is 158 Å². The molecule has 2 bridgehead atoms. The van der Waals surface area contributed by atoms with E-state index < -0.39 is 12.5 Å². The highest BCUT2D eigenvalue weighted by molar-refractivity contribution is 7.97. The van der Waals surface area contributed by atoms with Crippen LogP contribution in [0.2, 0.25) is 0 Å². The van der Waals surface area contributed by atoms with Gasteiger partial charge in [0.05, 0.1) is 29.5 Å². The molecule has 2 amide bonds.